The van der Waals surface area contributed by atoms with Gasteiger partial charge in [-0.3, -0.25) is 9.59 Å². The summed E-state index contributed by atoms with van der Waals surface area (Å²) in [5.41, 5.74) is 1.24. The predicted molar refractivity (Wildman–Crippen MR) is 71.8 cm³/mol. The molecule has 1 aromatic carbocycles. The summed E-state index contributed by atoms with van der Waals surface area (Å²) < 4.78 is 0. The summed E-state index contributed by atoms with van der Waals surface area (Å²) in [6.45, 7) is 2.58. The maximum atomic E-state index is 12.1. The molecule has 0 atom stereocenters. The molecule has 0 saturated heterocycles. The van der Waals surface area contributed by atoms with Crippen LogP contribution in [-0.2, 0) is 16.0 Å². The first-order chi connectivity index (χ1) is 8.95. The molecule has 1 aliphatic rings. The number of amides is 1. The van der Waals surface area contributed by atoms with Gasteiger partial charge >= 0.3 is 5.97 Å². The largest absolute Gasteiger partial charge is 0.480 e. The van der Waals surface area contributed by atoms with E-state index in [0.717, 1.165) is 12.0 Å². The molecule has 0 bridgehead atoms. The minimum absolute atomic E-state index is 0.257. The number of benzene rings is 1. The molecule has 102 valence electrons. The molecule has 1 fully saturated rings. The molecule has 4 nitrogen and oxygen atoms in total. The lowest BCUT2D eigenvalue weighted by molar-refractivity contribution is -0.152. The Kier molecular flexibility index (Phi) is 3.60. The van der Waals surface area contributed by atoms with Crippen LogP contribution in [0, 0.1) is 12.3 Å². The zero-order chi connectivity index (χ0) is 14.0. The van der Waals surface area contributed by atoms with Gasteiger partial charge in [-0.25, -0.2) is 0 Å². The van der Waals surface area contributed by atoms with Gasteiger partial charge in [-0.2, -0.15) is 0 Å². The molecule has 1 amide bonds. The fourth-order valence-electron chi connectivity index (χ4n) is 2.16. The average molecular weight is 261 g/mol. The molecule has 1 N–H and O–H groups in total. The Morgan fingerprint density at radius 3 is 2.32 bits per heavy atom. The lowest BCUT2D eigenvalue weighted by atomic mass is 10.1. The molecule has 0 heterocycles. The summed E-state index contributed by atoms with van der Waals surface area (Å²) in [6.07, 6.45) is 1.68. The van der Waals surface area contributed by atoms with Gasteiger partial charge in [0.05, 0.1) is 0 Å². The molecule has 4 heteroatoms. The molecule has 0 unspecified atom stereocenters. The Morgan fingerprint density at radius 1 is 1.26 bits per heavy atom. The Bertz CT molecular complexity index is 489. The second-order valence-corrected chi connectivity index (χ2v) is 5.35. The van der Waals surface area contributed by atoms with E-state index in [4.69, 9.17) is 5.11 Å². The van der Waals surface area contributed by atoms with Gasteiger partial charge in [0.1, 0.15) is 5.41 Å². The lowest BCUT2D eigenvalue weighted by Crippen LogP contribution is -2.39. The summed E-state index contributed by atoms with van der Waals surface area (Å²) in [5.74, 6) is -1.24. The first kappa shape index (κ1) is 13.6. The zero-order valence-electron chi connectivity index (χ0n) is 11.3. The van der Waals surface area contributed by atoms with Crippen molar-refractivity contribution in [2.45, 2.75) is 26.2 Å². The number of aliphatic carboxylic acids is 1. The number of carbonyl (C=O) groups excluding carboxylic acids is 1. The van der Waals surface area contributed by atoms with Gasteiger partial charge in [-0.05, 0) is 31.7 Å². The number of hydrogen-bond donors (Lipinski definition) is 1. The topological polar surface area (TPSA) is 57.6 Å². The van der Waals surface area contributed by atoms with E-state index in [1.54, 1.807) is 11.9 Å². The van der Waals surface area contributed by atoms with Crippen LogP contribution in [0.25, 0.3) is 0 Å². The first-order valence-corrected chi connectivity index (χ1v) is 6.50. The lowest BCUT2D eigenvalue weighted by Gasteiger charge is -2.21. The van der Waals surface area contributed by atoms with Crippen molar-refractivity contribution in [1.82, 2.24) is 4.90 Å². The van der Waals surface area contributed by atoms with E-state index >= 15 is 0 Å². The summed E-state index contributed by atoms with van der Waals surface area (Å²) in [7, 11) is 1.68. The van der Waals surface area contributed by atoms with Crippen molar-refractivity contribution >= 4 is 11.9 Å². The summed E-state index contributed by atoms with van der Waals surface area (Å²) >= 11 is 0. The molecule has 0 radical (unpaired) electrons. The van der Waals surface area contributed by atoms with Crippen LogP contribution in [0.5, 0.6) is 0 Å². The van der Waals surface area contributed by atoms with Crippen molar-refractivity contribution in [2.24, 2.45) is 5.41 Å². The van der Waals surface area contributed by atoms with Crippen molar-refractivity contribution in [1.29, 1.82) is 0 Å². The van der Waals surface area contributed by atoms with E-state index in [1.165, 1.54) is 5.56 Å². The van der Waals surface area contributed by atoms with Crippen molar-refractivity contribution in [3.05, 3.63) is 35.4 Å². The first-order valence-electron chi connectivity index (χ1n) is 6.50. The Labute approximate surface area is 113 Å². The van der Waals surface area contributed by atoms with Crippen molar-refractivity contribution < 1.29 is 14.7 Å². The van der Waals surface area contributed by atoms with E-state index in [9.17, 15) is 9.59 Å². The molecule has 0 spiro atoms. The number of nitrogens with zero attached hydrogens (tertiary/aromatic N) is 1. The zero-order valence-corrected chi connectivity index (χ0v) is 11.3. The van der Waals surface area contributed by atoms with Crippen LogP contribution in [0.3, 0.4) is 0 Å². The minimum atomic E-state index is -1.12. The summed E-state index contributed by atoms with van der Waals surface area (Å²) in [6, 6.07) is 8.16. The van der Waals surface area contributed by atoms with Gasteiger partial charge in [-0.1, -0.05) is 29.8 Å². The molecular weight excluding hydrogens is 242 g/mol. The van der Waals surface area contributed by atoms with Crippen molar-refractivity contribution in [3.8, 4) is 0 Å². The Balaban J connectivity index is 1.91. The van der Waals surface area contributed by atoms with Gasteiger partial charge in [0.25, 0.3) is 0 Å². The van der Waals surface area contributed by atoms with Crippen LogP contribution in [0.1, 0.15) is 24.0 Å². The third kappa shape index (κ3) is 2.78. The SMILES string of the molecule is Cc1ccc(CCN(C)C(=O)C2(C(=O)O)CC2)cc1. The third-order valence-electron chi connectivity index (χ3n) is 3.77. The highest BCUT2D eigenvalue weighted by Crippen LogP contribution is 2.47. The van der Waals surface area contributed by atoms with Gasteiger partial charge in [-0.15, -0.1) is 0 Å². The Hall–Kier alpha value is -1.84. The van der Waals surface area contributed by atoms with Crippen LogP contribution >= 0.6 is 0 Å². The van der Waals surface area contributed by atoms with E-state index in [1.807, 2.05) is 31.2 Å². The maximum Gasteiger partial charge on any atom is 0.319 e. The molecule has 0 aromatic heterocycles. The maximum absolute atomic E-state index is 12.1. The monoisotopic (exact) mass is 261 g/mol. The van der Waals surface area contributed by atoms with Crippen LogP contribution in [0.15, 0.2) is 24.3 Å². The Morgan fingerprint density at radius 2 is 1.84 bits per heavy atom. The summed E-state index contributed by atoms with van der Waals surface area (Å²) in [5, 5.41) is 9.09. The second-order valence-electron chi connectivity index (χ2n) is 5.35. The fraction of sp³-hybridized carbons (Fsp3) is 0.467. The fourth-order valence-corrected chi connectivity index (χ4v) is 2.16. The van der Waals surface area contributed by atoms with E-state index < -0.39 is 11.4 Å². The number of hydrogen-bond acceptors (Lipinski definition) is 2. The number of rotatable bonds is 5. The molecule has 2 rings (SSSR count). The van der Waals surface area contributed by atoms with Crippen LogP contribution in [0.4, 0.5) is 0 Å². The molecule has 0 aliphatic heterocycles. The number of carboxylic acid groups (broad SMARTS) is 1. The molecular formula is C15H19NO3. The highest BCUT2D eigenvalue weighted by atomic mass is 16.4. The van der Waals surface area contributed by atoms with Crippen molar-refractivity contribution in [2.75, 3.05) is 13.6 Å². The molecule has 19 heavy (non-hydrogen) atoms. The number of carbonyl (C=O) groups is 2. The van der Waals surface area contributed by atoms with E-state index in [-0.39, 0.29) is 5.91 Å². The van der Waals surface area contributed by atoms with Gasteiger partial charge in [0.2, 0.25) is 5.91 Å². The van der Waals surface area contributed by atoms with E-state index in [2.05, 4.69) is 0 Å². The highest BCUT2D eigenvalue weighted by Gasteiger charge is 2.58. The second kappa shape index (κ2) is 5.03. The van der Waals surface area contributed by atoms with Crippen LogP contribution < -0.4 is 0 Å². The minimum Gasteiger partial charge on any atom is -0.480 e. The smallest absolute Gasteiger partial charge is 0.319 e. The number of aryl methyl sites for hydroxylation is 1. The number of carboxylic acids is 1. The normalized spacial score (nSPS) is 15.9. The number of likely N-dealkylation sites (N-methyl/N-ethyl adjacent to an activating group) is 1. The molecule has 1 saturated carbocycles. The van der Waals surface area contributed by atoms with Gasteiger partial charge in [0.15, 0.2) is 0 Å². The molecule has 1 aliphatic carbocycles. The van der Waals surface area contributed by atoms with Gasteiger partial charge in [0, 0.05) is 13.6 Å². The van der Waals surface area contributed by atoms with Crippen LogP contribution in [0.2, 0.25) is 0 Å². The standard InChI is InChI=1S/C15H19NO3/c1-11-3-5-12(6-4-11)7-10-16(2)13(17)15(8-9-15)14(18)19/h3-6H,7-10H2,1-2H3,(H,18,19). The quantitative estimate of drug-likeness (QED) is 0.823. The summed E-state index contributed by atoms with van der Waals surface area (Å²) in [4.78, 5) is 24.7. The third-order valence-corrected chi connectivity index (χ3v) is 3.77. The van der Waals surface area contributed by atoms with Gasteiger partial charge < -0.3 is 10.0 Å². The van der Waals surface area contributed by atoms with Crippen LogP contribution in [-0.4, -0.2) is 35.5 Å². The van der Waals surface area contributed by atoms with Crippen molar-refractivity contribution in [3.63, 3.8) is 0 Å². The highest BCUT2D eigenvalue weighted by molar-refractivity contribution is 6.04. The molecule has 1 aromatic rings. The van der Waals surface area contributed by atoms with E-state index in [0.29, 0.717) is 19.4 Å². The predicted octanol–water partition coefficient (Wildman–Crippen LogP) is 1.86. The average Bonchev–Trinajstić information content (AvgIpc) is 3.18.